The van der Waals surface area contributed by atoms with Gasteiger partial charge in [0.05, 0.1) is 18.2 Å². The second kappa shape index (κ2) is 9.01. The van der Waals surface area contributed by atoms with Gasteiger partial charge in [0.1, 0.15) is 17.3 Å². The molecule has 1 saturated heterocycles. The van der Waals surface area contributed by atoms with Gasteiger partial charge in [-0.1, -0.05) is 25.1 Å². The molecular weight excluding hydrogens is 411 g/mol. The first-order chi connectivity index (χ1) is 15.5. The van der Waals surface area contributed by atoms with Gasteiger partial charge >= 0.3 is 0 Å². The summed E-state index contributed by atoms with van der Waals surface area (Å²) < 4.78 is 19.6. The van der Waals surface area contributed by atoms with Gasteiger partial charge in [0.15, 0.2) is 0 Å². The molecule has 162 valence electrons. The molecule has 1 fully saturated rings. The van der Waals surface area contributed by atoms with Crippen molar-refractivity contribution >= 4 is 23.1 Å². The van der Waals surface area contributed by atoms with Crippen molar-refractivity contribution in [3.63, 3.8) is 0 Å². The molecule has 7 heteroatoms. The Hall–Kier alpha value is -4.00. The van der Waals surface area contributed by atoms with E-state index >= 15 is 0 Å². The highest BCUT2D eigenvalue weighted by atomic mass is 19.1. The number of ketones is 1. The van der Waals surface area contributed by atoms with Crippen LogP contribution in [0.25, 0.3) is 5.76 Å². The molecule has 1 amide bonds. The molecule has 1 atom stereocenters. The van der Waals surface area contributed by atoms with E-state index in [1.165, 1.54) is 35.5 Å². The van der Waals surface area contributed by atoms with Crippen molar-refractivity contribution in [3.05, 3.63) is 95.6 Å². The van der Waals surface area contributed by atoms with Crippen molar-refractivity contribution in [2.24, 2.45) is 0 Å². The van der Waals surface area contributed by atoms with Crippen molar-refractivity contribution in [1.82, 2.24) is 4.98 Å². The number of halogens is 1. The summed E-state index contributed by atoms with van der Waals surface area (Å²) in [6, 6.07) is 14.5. The average molecular weight is 432 g/mol. The minimum absolute atomic E-state index is 0.0851. The maximum absolute atomic E-state index is 13.9. The topological polar surface area (TPSA) is 79.7 Å². The van der Waals surface area contributed by atoms with Crippen molar-refractivity contribution in [3.8, 4) is 5.75 Å². The summed E-state index contributed by atoms with van der Waals surface area (Å²) >= 11 is 0. The molecule has 1 aliphatic rings. The minimum atomic E-state index is -0.944. The first kappa shape index (κ1) is 21.2. The summed E-state index contributed by atoms with van der Waals surface area (Å²) in [4.78, 5) is 31.3. The first-order valence-electron chi connectivity index (χ1n) is 10.2. The molecule has 32 heavy (non-hydrogen) atoms. The number of hydrogen-bond acceptors (Lipinski definition) is 5. The molecule has 2 heterocycles. The van der Waals surface area contributed by atoms with Crippen LogP contribution in [-0.4, -0.2) is 28.4 Å². The van der Waals surface area contributed by atoms with E-state index in [9.17, 15) is 19.1 Å². The van der Waals surface area contributed by atoms with E-state index in [1.54, 1.807) is 42.5 Å². The molecule has 3 aromatic rings. The molecule has 2 aromatic carbocycles. The summed E-state index contributed by atoms with van der Waals surface area (Å²) in [7, 11) is 0. The number of benzene rings is 2. The number of aliphatic hydroxyl groups is 1. The smallest absolute Gasteiger partial charge is 0.300 e. The molecule has 0 radical (unpaired) electrons. The number of pyridine rings is 1. The lowest BCUT2D eigenvalue weighted by atomic mass is 9.95. The second-order valence-corrected chi connectivity index (χ2v) is 7.31. The molecule has 6 nitrogen and oxygen atoms in total. The molecular formula is C25H21FN2O4. The van der Waals surface area contributed by atoms with Crippen molar-refractivity contribution < 1.29 is 23.8 Å². The van der Waals surface area contributed by atoms with Crippen molar-refractivity contribution in [2.45, 2.75) is 19.4 Å². The number of hydrogen-bond donors (Lipinski definition) is 1. The van der Waals surface area contributed by atoms with Crippen LogP contribution in [0.4, 0.5) is 10.1 Å². The number of carbonyl (C=O) groups excluding carboxylic acids is 2. The lowest BCUT2D eigenvalue weighted by molar-refractivity contribution is -0.132. The number of aromatic nitrogens is 1. The zero-order chi connectivity index (χ0) is 22.7. The molecule has 0 spiro atoms. The van der Waals surface area contributed by atoms with Gasteiger partial charge in [-0.2, -0.15) is 0 Å². The van der Waals surface area contributed by atoms with Crippen LogP contribution in [0.3, 0.4) is 0 Å². The largest absolute Gasteiger partial charge is 0.507 e. The Morgan fingerprint density at radius 3 is 2.56 bits per heavy atom. The van der Waals surface area contributed by atoms with E-state index in [4.69, 9.17) is 4.74 Å². The maximum atomic E-state index is 13.9. The quantitative estimate of drug-likeness (QED) is 0.349. The summed E-state index contributed by atoms with van der Waals surface area (Å²) in [6.07, 6.45) is 3.87. The highest BCUT2D eigenvalue weighted by Gasteiger charge is 2.47. The summed E-state index contributed by atoms with van der Waals surface area (Å²) in [5.74, 6) is -2.04. The predicted molar refractivity (Wildman–Crippen MR) is 118 cm³/mol. The summed E-state index contributed by atoms with van der Waals surface area (Å²) in [5.41, 5.74) is 1.03. The number of ether oxygens (including phenoxy) is 1. The molecule has 0 aliphatic carbocycles. The Kier molecular flexibility index (Phi) is 5.98. The van der Waals surface area contributed by atoms with Gasteiger partial charge in [0.2, 0.25) is 0 Å². The van der Waals surface area contributed by atoms with Crippen molar-refractivity contribution in [1.29, 1.82) is 0 Å². The van der Waals surface area contributed by atoms with Gasteiger partial charge in [-0.05, 0) is 54.4 Å². The van der Waals surface area contributed by atoms with Crippen LogP contribution in [-0.2, 0) is 9.59 Å². The van der Waals surface area contributed by atoms with Gasteiger partial charge < -0.3 is 9.84 Å². The van der Waals surface area contributed by atoms with Crippen LogP contribution in [0.1, 0.15) is 30.5 Å². The van der Waals surface area contributed by atoms with Crippen LogP contribution in [0, 0.1) is 5.82 Å². The molecule has 4 rings (SSSR count). The number of anilines is 1. The van der Waals surface area contributed by atoms with Crippen LogP contribution < -0.4 is 9.64 Å². The number of Topliss-reactive ketones (excluding diaryl/α,β-unsaturated/α-hetero) is 1. The highest BCUT2D eigenvalue weighted by molar-refractivity contribution is 6.51. The van der Waals surface area contributed by atoms with E-state index in [0.717, 1.165) is 6.42 Å². The summed E-state index contributed by atoms with van der Waals surface area (Å²) in [6.45, 7) is 2.48. The molecule has 1 aliphatic heterocycles. The second-order valence-electron chi connectivity index (χ2n) is 7.31. The van der Waals surface area contributed by atoms with Crippen LogP contribution in [0.2, 0.25) is 0 Å². The standard InChI is InChI=1S/C25H21FN2O4/c1-2-13-32-20-8-3-5-17(14-20)23(29)21-22(16-9-11-27-12-10-16)28(25(31)24(21)30)19-7-4-6-18(26)15-19/h3-12,14-15,22,29H,2,13H2,1H3/b23-21+. The normalized spacial score (nSPS) is 17.6. The number of carbonyl (C=O) groups is 2. The zero-order valence-corrected chi connectivity index (χ0v) is 17.4. The maximum Gasteiger partial charge on any atom is 0.300 e. The fraction of sp³-hybridized carbons (Fsp3) is 0.160. The third kappa shape index (κ3) is 3.97. The van der Waals surface area contributed by atoms with Gasteiger partial charge in [-0.25, -0.2) is 4.39 Å². The van der Waals surface area contributed by atoms with Crippen LogP contribution >= 0.6 is 0 Å². The number of amides is 1. The third-order valence-corrected chi connectivity index (χ3v) is 5.13. The van der Waals surface area contributed by atoms with E-state index < -0.39 is 23.5 Å². The van der Waals surface area contributed by atoms with Gasteiger partial charge in [-0.3, -0.25) is 19.5 Å². The fourth-order valence-electron chi connectivity index (χ4n) is 3.69. The van der Waals surface area contributed by atoms with Crippen LogP contribution in [0.5, 0.6) is 5.75 Å². The fourth-order valence-corrected chi connectivity index (χ4v) is 3.69. The average Bonchev–Trinajstić information content (AvgIpc) is 3.08. The Labute approximate surface area is 184 Å². The first-order valence-corrected chi connectivity index (χ1v) is 10.2. The Bertz CT molecular complexity index is 1190. The molecule has 1 unspecified atom stereocenters. The number of rotatable bonds is 6. The SMILES string of the molecule is CCCOc1cccc(/C(O)=C2\C(=O)C(=O)N(c3cccc(F)c3)C2c2ccncc2)c1. The summed E-state index contributed by atoms with van der Waals surface area (Å²) in [5, 5.41) is 11.1. The van der Waals surface area contributed by atoms with Gasteiger partial charge in [0, 0.05) is 23.6 Å². The lowest BCUT2D eigenvalue weighted by Crippen LogP contribution is -2.29. The zero-order valence-electron chi connectivity index (χ0n) is 17.4. The van der Waals surface area contributed by atoms with E-state index in [0.29, 0.717) is 23.5 Å². The number of nitrogens with zero attached hydrogens (tertiary/aromatic N) is 2. The van der Waals surface area contributed by atoms with Crippen LogP contribution in [0.15, 0.2) is 78.6 Å². The number of aliphatic hydroxyl groups excluding tert-OH is 1. The lowest BCUT2D eigenvalue weighted by Gasteiger charge is -2.25. The van der Waals surface area contributed by atoms with Gasteiger partial charge in [0.25, 0.3) is 11.7 Å². The van der Waals surface area contributed by atoms with E-state index in [1.807, 2.05) is 6.92 Å². The minimum Gasteiger partial charge on any atom is -0.507 e. The third-order valence-electron chi connectivity index (χ3n) is 5.13. The molecule has 1 N–H and O–H groups in total. The van der Waals surface area contributed by atoms with Gasteiger partial charge in [-0.15, -0.1) is 0 Å². The monoisotopic (exact) mass is 432 g/mol. The van der Waals surface area contributed by atoms with E-state index in [2.05, 4.69) is 4.98 Å². The molecule has 1 aromatic heterocycles. The van der Waals surface area contributed by atoms with E-state index in [-0.39, 0.29) is 17.0 Å². The molecule has 0 saturated carbocycles. The Balaban J connectivity index is 1.88. The predicted octanol–water partition coefficient (Wildman–Crippen LogP) is 4.64. The Morgan fingerprint density at radius 1 is 1.09 bits per heavy atom. The highest BCUT2D eigenvalue weighted by Crippen LogP contribution is 2.42. The van der Waals surface area contributed by atoms with Crippen molar-refractivity contribution in [2.75, 3.05) is 11.5 Å². The molecule has 0 bridgehead atoms. The Morgan fingerprint density at radius 2 is 1.84 bits per heavy atom.